The molecule has 3 heteroatoms. The van der Waals surface area contributed by atoms with Crippen LogP contribution in [0.2, 0.25) is 0 Å². The van der Waals surface area contributed by atoms with Crippen molar-refractivity contribution < 1.29 is 4.79 Å². The molecule has 1 aliphatic heterocycles. The van der Waals surface area contributed by atoms with Gasteiger partial charge in [0.05, 0.1) is 6.04 Å². The minimum atomic E-state index is -0.424. The molecule has 0 saturated heterocycles. The molecule has 0 aliphatic carbocycles. The van der Waals surface area contributed by atoms with Crippen LogP contribution in [0.1, 0.15) is 31.4 Å². The molecule has 0 unspecified atom stereocenters. The van der Waals surface area contributed by atoms with Crippen LogP contribution in [0.3, 0.4) is 0 Å². The number of benzene rings is 2. The number of rotatable bonds is 3. The standard InChI is InChI=1S/C20H24N2O/c1-14(2)11-19(21)20(23)22-12-15-7-3-5-9-17(15)18-10-6-4-8-16(18)13-22/h3-10,14,19H,11-13,21H2,1-2H3/t19-/m0/s1. The first-order valence-corrected chi connectivity index (χ1v) is 8.27. The molecule has 0 spiro atoms. The molecule has 0 bridgehead atoms. The first kappa shape index (κ1) is 15.8. The predicted octanol–water partition coefficient (Wildman–Crippen LogP) is 3.57. The number of carbonyl (C=O) groups excluding carboxylic acids is 1. The molecule has 120 valence electrons. The Bertz CT molecular complexity index is 661. The van der Waals surface area contributed by atoms with Crippen molar-refractivity contribution in [2.75, 3.05) is 0 Å². The summed E-state index contributed by atoms with van der Waals surface area (Å²) < 4.78 is 0. The fourth-order valence-electron chi connectivity index (χ4n) is 3.31. The minimum Gasteiger partial charge on any atom is -0.333 e. The largest absolute Gasteiger partial charge is 0.333 e. The van der Waals surface area contributed by atoms with Gasteiger partial charge in [-0.1, -0.05) is 62.4 Å². The molecule has 3 rings (SSSR count). The number of hydrogen-bond donors (Lipinski definition) is 1. The van der Waals surface area contributed by atoms with Crippen LogP contribution < -0.4 is 5.73 Å². The van der Waals surface area contributed by atoms with Crippen molar-refractivity contribution in [3.63, 3.8) is 0 Å². The van der Waals surface area contributed by atoms with Crippen molar-refractivity contribution in [1.29, 1.82) is 0 Å². The van der Waals surface area contributed by atoms with E-state index < -0.39 is 6.04 Å². The molecule has 2 aromatic carbocycles. The summed E-state index contributed by atoms with van der Waals surface area (Å²) in [5.74, 6) is 0.464. The van der Waals surface area contributed by atoms with Gasteiger partial charge in [-0.05, 0) is 34.6 Å². The van der Waals surface area contributed by atoms with Crippen LogP contribution >= 0.6 is 0 Å². The highest BCUT2D eigenvalue weighted by atomic mass is 16.2. The molecule has 0 radical (unpaired) electrons. The Labute approximate surface area is 138 Å². The van der Waals surface area contributed by atoms with E-state index in [1.165, 1.54) is 22.3 Å². The van der Waals surface area contributed by atoms with Gasteiger partial charge in [0.1, 0.15) is 0 Å². The number of hydrogen-bond acceptors (Lipinski definition) is 2. The first-order valence-electron chi connectivity index (χ1n) is 8.27. The fourth-order valence-corrected chi connectivity index (χ4v) is 3.31. The molecule has 0 saturated carbocycles. The zero-order chi connectivity index (χ0) is 16.4. The molecule has 2 N–H and O–H groups in total. The lowest BCUT2D eigenvalue weighted by Crippen LogP contribution is -2.43. The normalized spacial score (nSPS) is 14.9. The van der Waals surface area contributed by atoms with Crippen molar-refractivity contribution >= 4 is 5.91 Å². The van der Waals surface area contributed by atoms with Gasteiger partial charge in [0.25, 0.3) is 0 Å². The summed E-state index contributed by atoms with van der Waals surface area (Å²) in [6.07, 6.45) is 0.721. The van der Waals surface area contributed by atoms with Gasteiger partial charge in [-0.3, -0.25) is 4.79 Å². The Kier molecular flexibility index (Phi) is 4.49. The Morgan fingerprint density at radius 1 is 1.00 bits per heavy atom. The number of carbonyl (C=O) groups is 1. The number of amides is 1. The molecule has 1 amide bonds. The summed E-state index contributed by atoms with van der Waals surface area (Å²) in [6, 6.07) is 16.2. The number of fused-ring (bicyclic) bond motifs is 3. The van der Waals surface area contributed by atoms with Crippen LogP contribution in [-0.4, -0.2) is 16.8 Å². The predicted molar refractivity (Wildman–Crippen MR) is 93.6 cm³/mol. The second-order valence-corrected chi connectivity index (χ2v) is 6.74. The number of nitrogens with two attached hydrogens (primary N) is 1. The first-order chi connectivity index (χ1) is 11.1. The number of nitrogens with zero attached hydrogens (tertiary/aromatic N) is 1. The fraction of sp³-hybridized carbons (Fsp3) is 0.350. The van der Waals surface area contributed by atoms with Gasteiger partial charge in [-0.25, -0.2) is 0 Å². The Hall–Kier alpha value is -2.13. The smallest absolute Gasteiger partial charge is 0.240 e. The molecule has 23 heavy (non-hydrogen) atoms. The van der Waals surface area contributed by atoms with Crippen LogP contribution in [0.25, 0.3) is 11.1 Å². The van der Waals surface area contributed by atoms with Crippen molar-refractivity contribution in [1.82, 2.24) is 4.90 Å². The van der Waals surface area contributed by atoms with E-state index in [9.17, 15) is 4.79 Å². The molecule has 2 aromatic rings. The average molecular weight is 308 g/mol. The van der Waals surface area contributed by atoms with Gasteiger partial charge in [-0.15, -0.1) is 0 Å². The molecule has 0 aromatic heterocycles. The molecule has 1 heterocycles. The van der Waals surface area contributed by atoms with Gasteiger partial charge in [0.15, 0.2) is 0 Å². The van der Waals surface area contributed by atoms with Crippen LogP contribution in [0.15, 0.2) is 48.5 Å². The SMILES string of the molecule is CC(C)C[C@H](N)C(=O)N1Cc2ccccc2-c2ccccc2C1. The highest BCUT2D eigenvalue weighted by Gasteiger charge is 2.26. The minimum absolute atomic E-state index is 0.0465. The highest BCUT2D eigenvalue weighted by molar-refractivity contribution is 5.83. The van der Waals surface area contributed by atoms with Crippen molar-refractivity contribution in [3.8, 4) is 11.1 Å². The van der Waals surface area contributed by atoms with Crippen molar-refractivity contribution in [2.45, 2.75) is 39.4 Å². The van der Waals surface area contributed by atoms with E-state index in [0.717, 1.165) is 6.42 Å². The van der Waals surface area contributed by atoms with E-state index in [1.54, 1.807) is 0 Å². The van der Waals surface area contributed by atoms with E-state index in [0.29, 0.717) is 19.0 Å². The summed E-state index contributed by atoms with van der Waals surface area (Å²) in [5.41, 5.74) is 11.0. The summed E-state index contributed by atoms with van der Waals surface area (Å²) in [5, 5.41) is 0. The third-order valence-electron chi connectivity index (χ3n) is 4.40. The van der Waals surface area contributed by atoms with Gasteiger partial charge >= 0.3 is 0 Å². The van der Waals surface area contributed by atoms with E-state index in [4.69, 9.17) is 5.73 Å². The topological polar surface area (TPSA) is 46.3 Å². The van der Waals surface area contributed by atoms with Gasteiger partial charge in [0.2, 0.25) is 5.91 Å². The summed E-state index contributed by atoms with van der Waals surface area (Å²) in [7, 11) is 0. The van der Waals surface area contributed by atoms with Gasteiger partial charge < -0.3 is 10.6 Å². The highest BCUT2D eigenvalue weighted by Crippen LogP contribution is 2.32. The van der Waals surface area contributed by atoms with Crippen LogP contribution in [0, 0.1) is 5.92 Å². The maximum Gasteiger partial charge on any atom is 0.240 e. The van der Waals surface area contributed by atoms with Crippen LogP contribution in [-0.2, 0) is 17.9 Å². The Morgan fingerprint density at radius 3 is 1.96 bits per heavy atom. The zero-order valence-electron chi connectivity index (χ0n) is 13.8. The molecule has 0 fully saturated rings. The second kappa shape index (κ2) is 6.55. The quantitative estimate of drug-likeness (QED) is 0.942. The lowest BCUT2D eigenvalue weighted by atomic mass is 9.97. The van der Waals surface area contributed by atoms with E-state index in [2.05, 4.69) is 50.2 Å². The van der Waals surface area contributed by atoms with Gasteiger partial charge in [-0.2, -0.15) is 0 Å². The maximum atomic E-state index is 12.8. The maximum absolute atomic E-state index is 12.8. The third-order valence-corrected chi connectivity index (χ3v) is 4.40. The second-order valence-electron chi connectivity index (χ2n) is 6.74. The molecular formula is C20H24N2O. The van der Waals surface area contributed by atoms with Crippen molar-refractivity contribution in [3.05, 3.63) is 59.7 Å². The molecule has 3 nitrogen and oxygen atoms in total. The lowest BCUT2D eigenvalue weighted by molar-refractivity contribution is -0.134. The summed E-state index contributed by atoms with van der Waals surface area (Å²) >= 11 is 0. The third kappa shape index (κ3) is 3.30. The zero-order valence-corrected chi connectivity index (χ0v) is 13.8. The van der Waals surface area contributed by atoms with E-state index in [-0.39, 0.29) is 5.91 Å². The van der Waals surface area contributed by atoms with Crippen LogP contribution in [0.5, 0.6) is 0 Å². The monoisotopic (exact) mass is 308 g/mol. The van der Waals surface area contributed by atoms with E-state index in [1.807, 2.05) is 17.0 Å². The van der Waals surface area contributed by atoms with E-state index >= 15 is 0 Å². The average Bonchev–Trinajstić information content (AvgIpc) is 2.70. The summed E-state index contributed by atoms with van der Waals surface area (Å²) in [4.78, 5) is 14.7. The Morgan fingerprint density at radius 2 is 1.48 bits per heavy atom. The Balaban J connectivity index is 1.96. The van der Waals surface area contributed by atoms with Gasteiger partial charge in [0, 0.05) is 13.1 Å². The molecule has 1 aliphatic rings. The molecule has 1 atom stereocenters. The molecular weight excluding hydrogens is 284 g/mol. The van der Waals surface area contributed by atoms with Crippen LogP contribution in [0.4, 0.5) is 0 Å². The summed E-state index contributed by atoms with van der Waals surface area (Å²) in [6.45, 7) is 5.44. The van der Waals surface area contributed by atoms with Crippen molar-refractivity contribution in [2.24, 2.45) is 11.7 Å². The lowest BCUT2D eigenvalue weighted by Gasteiger charge is -2.25.